The Bertz CT molecular complexity index is 495. The molecule has 0 aromatic heterocycles. The van der Waals surface area contributed by atoms with E-state index < -0.39 is 0 Å². The number of hydrogen-bond acceptors (Lipinski definition) is 1. The first kappa shape index (κ1) is 19.0. The molecular formula is C22H35NO. The van der Waals surface area contributed by atoms with E-state index in [0.717, 1.165) is 31.4 Å². The maximum atomic E-state index is 12.4. The molecule has 0 unspecified atom stereocenters. The van der Waals surface area contributed by atoms with Crippen LogP contribution in [0.25, 0.3) is 0 Å². The van der Waals surface area contributed by atoms with Crippen LogP contribution in [0, 0.1) is 0 Å². The van der Waals surface area contributed by atoms with Gasteiger partial charge in [-0.25, -0.2) is 0 Å². The summed E-state index contributed by atoms with van der Waals surface area (Å²) < 4.78 is 0. The van der Waals surface area contributed by atoms with Gasteiger partial charge in [0, 0.05) is 12.1 Å². The van der Waals surface area contributed by atoms with E-state index in [4.69, 9.17) is 0 Å². The molecule has 1 aromatic carbocycles. The lowest BCUT2D eigenvalue weighted by atomic mass is 9.88. The van der Waals surface area contributed by atoms with Crippen LogP contribution in [0.3, 0.4) is 0 Å². The highest BCUT2D eigenvalue weighted by atomic mass is 16.1. The van der Waals surface area contributed by atoms with Gasteiger partial charge >= 0.3 is 0 Å². The number of nitrogens with one attached hydrogen (secondary N) is 1. The quantitative estimate of drug-likeness (QED) is 0.509. The summed E-state index contributed by atoms with van der Waals surface area (Å²) in [5.41, 5.74) is 3.61. The molecule has 0 radical (unpaired) electrons. The highest BCUT2D eigenvalue weighted by Crippen LogP contribution is 2.24. The fourth-order valence-corrected chi connectivity index (χ4v) is 3.73. The minimum absolute atomic E-state index is 0.133. The third kappa shape index (κ3) is 6.30. The Morgan fingerprint density at radius 2 is 1.58 bits per heavy atom. The standard InChI is InChI=1S/C22H35NO/c1-2-3-4-5-6-7-8-9-12-18-23-22(24)21-17-13-15-19-14-10-11-16-20(19)21/h13,15,17H,2-12,14,16,18H2,1H3,(H,23,24). The molecule has 0 heterocycles. The molecule has 2 nitrogen and oxygen atoms in total. The summed E-state index contributed by atoms with van der Waals surface area (Å²) in [6.07, 6.45) is 16.6. The van der Waals surface area contributed by atoms with Crippen LogP contribution in [0.1, 0.15) is 99.0 Å². The van der Waals surface area contributed by atoms with Crippen molar-refractivity contribution in [3.05, 3.63) is 34.9 Å². The second-order valence-electron chi connectivity index (χ2n) is 7.23. The SMILES string of the molecule is CCCCCCCCCCCNC(=O)c1cccc2c1CCCC2. The molecule has 0 bridgehead atoms. The number of unbranched alkanes of at least 4 members (excludes halogenated alkanes) is 8. The third-order valence-corrected chi connectivity index (χ3v) is 5.21. The maximum Gasteiger partial charge on any atom is 0.251 e. The molecular weight excluding hydrogens is 294 g/mol. The zero-order chi connectivity index (χ0) is 17.0. The van der Waals surface area contributed by atoms with Crippen LogP contribution in [-0.2, 0) is 12.8 Å². The van der Waals surface area contributed by atoms with Crippen molar-refractivity contribution in [2.24, 2.45) is 0 Å². The molecule has 24 heavy (non-hydrogen) atoms. The van der Waals surface area contributed by atoms with Crippen molar-refractivity contribution in [2.75, 3.05) is 6.54 Å². The summed E-state index contributed by atoms with van der Waals surface area (Å²) in [5, 5.41) is 3.13. The van der Waals surface area contributed by atoms with Gasteiger partial charge in [0.15, 0.2) is 0 Å². The molecule has 134 valence electrons. The Labute approximate surface area is 148 Å². The number of aryl methyl sites for hydroxylation is 1. The first-order valence-electron chi connectivity index (χ1n) is 10.2. The van der Waals surface area contributed by atoms with Crippen molar-refractivity contribution in [1.29, 1.82) is 0 Å². The number of fused-ring (bicyclic) bond motifs is 1. The highest BCUT2D eigenvalue weighted by Gasteiger charge is 2.16. The predicted octanol–water partition coefficient (Wildman–Crippen LogP) is 5.83. The summed E-state index contributed by atoms with van der Waals surface area (Å²) >= 11 is 0. The largest absolute Gasteiger partial charge is 0.352 e. The number of carbonyl (C=O) groups excluding carboxylic acids is 1. The van der Waals surface area contributed by atoms with Crippen molar-refractivity contribution in [3.8, 4) is 0 Å². The smallest absolute Gasteiger partial charge is 0.251 e. The van der Waals surface area contributed by atoms with Gasteiger partial charge in [0.25, 0.3) is 5.91 Å². The number of carbonyl (C=O) groups is 1. The minimum Gasteiger partial charge on any atom is -0.352 e. The second-order valence-corrected chi connectivity index (χ2v) is 7.23. The topological polar surface area (TPSA) is 29.1 Å². The van der Waals surface area contributed by atoms with Gasteiger partial charge in [0.05, 0.1) is 0 Å². The Morgan fingerprint density at radius 1 is 0.917 bits per heavy atom. The van der Waals surface area contributed by atoms with Gasteiger partial charge in [0.2, 0.25) is 0 Å². The molecule has 1 aromatic rings. The van der Waals surface area contributed by atoms with Crippen molar-refractivity contribution in [1.82, 2.24) is 5.32 Å². The van der Waals surface area contributed by atoms with E-state index in [1.165, 1.54) is 75.3 Å². The van der Waals surface area contributed by atoms with E-state index in [1.54, 1.807) is 0 Å². The molecule has 1 aliphatic rings. The highest BCUT2D eigenvalue weighted by molar-refractivity contribution is 5.96. The Balaban J connectivity index is 1.59. The average Bonchev–Trinajstić information content (AvgIpc) is 2.62. The molecule has 1 N–H and O–H groups in total. The van der Waals surface area contributed by atoms with E-state index in [-0.39, 0.29) is 5.91 Å². The van der Waals surface area contributed by atoms with E-state index in [2.05, 4.69) is 18.3 Å². The predicted molar refractivity (Wildman–Crippen MR) is 103 cm³/mol. The van der Waals surface area contributed by atoms with Gasteiger partial charge in [-0.3, -0.25) is 4.79 Å². The summed E-state index contributed by atoms with van der Waals surface area (Å²) in [6, 6.07) is 6.22. The van der Waals surface area contributed by atoms with Crippen molar-refractivity contribution >= 4 is 5.91 Å². The lowest BCUT2D eigenvalue weighted by molar-refractivity contribution is 0.0951. The van der Waals surface area contributed by atoms with Crippen LogP contribution >= 0.6 is 0 Å². The van der Waals surface area contributed by atoms with Gasteiger partial charge in [-0.15, -0.1) is 0 Å². The van der Waals surface area contributed by atoms with Crippen molar-refractivity contribution < 1.29 is 4.79 Å². The zero-order valence-electron chi connectivity index (χ0n) is 15.5. The summed E-state index contributed by atoms with van der Waals surface area (Å²) in [5.74, 6) is 0.133. The molecule has 1 amide bonds. The lowest BCUT2D eigenvalue weighted by Gasteiger charge is -2.18. The van der Waals surface area contributed by atoms with Gasteiger partial charge in [-0.1, -0.05) is 70.4 Å². The van der Waals surface area contributed by atoms with Crippen molar-refractivity contribution in [2.45, 2.75) is 90.4 Å². The van der Waals surface area contributed by atoms with Crippen LogP contribution in [0.15, 0.2) is 18.2 Å². The van der Waals surface area contributed by atoms with Crippen LogP contribution in [0.2, 0.25) is 0 Å². The molecule has 2 rings (SSSR count). The van der Waals surface area contributed by atoms with Gasteiger partial charge in [0.1, 0.15) is 0 Å². The van der Waals surface area contributed by atoms with E-state index in [1.807, 2.05) is 12.1 Å². The molecule has 0 saturated carbocycles. The van der Waals surface area contributed by atoms with Gasteiger partial charge < -0.3 is 5.32 Å². The van der Waals surface area contributed by atoms with Crippen LogP contribution in [0.5, 0.6) is 0 Å². The number of amides is 1. The van der Waals surface area contributed by atoms with Gasteiger partial charge in [-0.05, 0) is 49.3 Å². The molecule has 0 spiro atoms. The van der Waals surface area contributed by atoms with Crippen LogP contribution in [0.4, 0.5) is 0 Å². The fourth-order valence-electron chi connectivity index (χ4n) is 3.73. The molecule has 0 fully saturated rings. The number of hydrogen-bond donors (Lipinski definition) is 1. The molecule has 0 saturated heterocycles. The first-order chi connectivity index (χ1) is 11.8. The molecule has 0 aliphatic heterocycles. The molecule has 0 atom stereocenters. The number of benzene rings is 1. The van der Waals surface area contributed by atoms with Crippen LogP contribution in [-0.4, -0.2) is 12.5 Å². The Kier molecular flexibility index (Phi) is 8.94. The average molecular weight is 330 g/mol. The summed E-state index contributed by atoms with van der Waals surface area (Å²) in [4.78, 5) is 12.4. The molecule has 2 heteroatoms. The second kappa shape index (κ2) is 11.3. The van der Waals surface area contributed by atoms with Crippen LogP contribution < -0.4 is 5.32 Å². The van der Waals surface area contributed by atoms with E-state index in [9.17, 15) is 4.79 Å². The number of rotatable bonds is 11. The lowest BCUT2D eigenvalue weighted by Crippen LogP contribution is -2.26. The first-order valence-corrected chi connectivity index (χ1v) is 10.2. The fraction of sp³-hybridized carbons (Fsp3) is 0.682. The summed E-state index contributed by atoms with van der Waals surface area (Å²) in [7, 11) is 0. The van der Waals surface area contributed by atoms with Crippen molar-refractivity contribution in [3.63, 3.8) is 0 Å². The Hall–Kier alpha value is -1.31. The Morgan fingerprint density at radius 3 is 2.33 bits per heavy atom. The van der Waals surface area contributed by atoms with Gasteiger partial charge in [-0.2, -0.15) is 0 Å². The maximum absolute atomic E-state index is 12.4. The molecule has 1 aliphatic carbocycles. The van der Waals surface area contributed by atoms with E-state index >= 15 is 0 Å². The third-order valence-electron chi connectivity index (χ3n) is 5.21. The summed E-state index contributed by atoms with van der Waals surface area (Å²) in [6.45, 7) is 3.08. The minimum atomic E-state index is 0.133. The normalized spacial score (nSPS) is 13.5. The monoisotopic (exact) mass is 329 g/mol. The van der Waals surface area contributed by atoms with E-state index in [0.29, 0.717) is 0 Å². The zero-order valence-corrected chi connectivity index (χ0v) is 15.5.